The minimum atomic E-state index is -4.67. The van der Waals surface area contributed by atoms with Gasteiger partial charge in [0.1, 0.15) is 5.65 Å². The molecule has 0 fully saturated rings. The van der Waals surface area contributed by atoms with Crippen LogP contribution in [0.25, 0.3) is 5.65 Å². The van der Waals surface area contributed by atoms with E-state index in [1.54, 1.807) is 5.32 Å². The number of aromatic nitrogens is 2. The zero-order valence-electron chi connectivity index (χ0n) is 11.0. The summed E-state index contributed by atoms with van der Waals surface area (Å²) in [5, 5.41) is 9.86. The molecule has 11 heteroatoms. The molecule has 120 valence electrons. The molecule has 0 spiro atoms. The number of hydrogen-bond donors (Lipinski definition) is 2. The average Bonchev–Trinajstić information content (AvgIpc) is 2.74. The summed E-state index contributed by atoms with van der Waals surface area (Å²) >= 11 is 0. The van der Waals surface area contributed by atoms with Gasteiger partial charge in [-0.15, -0.1) is 0 Å². The van der Waals surface area contributed by atoms with Gasteiger partial charge in [0.05, 0.1) is 11.3 Å². The third kappa shape index (κ3) is 2.84. The van der Waals surface area contributed by atoms with E-state index in [4.69, 9.17) is 5.11 Å². The van der Waals surface area contributed by atoms with E-state index in [2.05, 4.69) is 4.98 Å². The van der Waals surface area contributed by atoms with E-state index in [-0.39, 0.29) is 5.65 Å². The minimum Gasteiger partial charge on any atom is -0.465 e. The van der Waals surface area contributed by atoms with Crippen molar-refractivity contribution >= 4 is 27.4 Å². The van der Waals surface area contributed by atoms with Crippen molar-refractivity contribution in [2.45, 2.75) is 18.1 Å². The Kier molecular flexibility index (Phi) is 3.77. The summed E-state index contributed by atoms with van der Waals surface area (Å²) in [5.74, 6) is -0.959. The van der Waals surface area contributed by atoms with Crippen LogP contribution < -0.4 is 5.32 Å². The maximum Gasteiger partial charge on any atom is 0.417 e. The Bertz CT molecular complexity index is 842. The second-order valence-electron chi connectivity index (χ2n) is 4.24. The van der Waals surface area contributed by atoms with Gasteiger partial charge in [-0.3, -0.25) is 9.72 Å². The number of carboxylic acid groups (broad SMARTS) is 1. The lowest BCUT2D eigenvalue weighted by Crippen LogP contribution is -2.14. The monoisotopic (exact) mass is 337 g/mol. The van der Waals surface area contributed by atoms with E-state index < -0.39 is 44.3 Å². The number of nitrogens with one attached hydrogen (secondary N) is 1. The van der Waals surface area contributed by atoms with E-state index in [0.29, 0.717) is 10.6 Å². The second-order valence-corrected chi connectivity index (χ2v) is 6.44. The van der Waals surface area contributed by atoms with Gasteiger partial charge in [0.15, 0.2) is 20.7 Å². The van der Waals surface area contributed by atoms with Gasteiger partial charge in [0.25, 0.3) is 0 Å². The lowest BCUT2D eigenvalue weighted by molar-refractivity contribution is -0.137. The molecular formula is C11H10F3N3O4S. The highest BCUT2D eigenvalue weighted by Gasteiger charge is 2.32. The highest BCUT2D eigenvalue weighted by molar-refractivity contribution is 7.91. The molecule has 7 nitrogen and oxygen atoms in total. The zero-order chi connectivity index (χ0) is 16.7. The van der Waals surface area contributed by atoms with Crippen LogP contribution in [0.3, 0.4) is 0 Å². The fourth-order valence-electron chi connectivity index (χ4n) is 1.81. The summed E-state index contributed by atoms with van der Waals surface area (Å²) in [7, 11) is -4.01. The molecule has 0 aliphatic rings. The van der Waals surface area contributed by atoms with E-state index >= 15 is 0 Å². The molecule has 0 saturated heterocycles. The third-order valence-electron chi connectivity index (χ3n) is 2.80. The number of rotatable bonds is 3. The number of anilines is 1. The van der Waals surface area contributed by atoms with Gasteiger partial charge in [-0.1, -0.05) is 6.92 Å². The molecular weight excluding hydrogens is 327 g/mol. The molecule has 2 aromatic heterocycles. The lowest BCUT2D eigenvalue weighted by atomic mass is 10.3. The quantitative estimate of drug-likeness (QED) is 0.894. The van der Waals surface area contributed by atoms with Gasteiger partial charge in [-0.05, 0) is 12.1 Å². The number of halogens is 3. The van der Waals surface area contributed by atoms with E-state index in [0.717, 1.165) is 12.1 Å². The Morgan fingerprint density at radius 1 is 1.41 bits per heavy atom. The van der Waals surface area contributed by atoms with Gasteiger partial charge >= 0.3 is 12.3 Å². The Hall–Kier alpha value is -2.30. The molecule has 2 heterocycles. The normalized spacial score (nSPS) is 12.5. The van der Waals surface area contributed by atoms with E-state index in [1.807, 2.05) is 0 Å². The Labute approximate surface area is 122 Å². The standard InChI is InChI=1S/C11H10F3N3O4S/c1-2-22(20,21)9-8(16-10(18)19)15-7-4-3-6(5-17(7)9)11(12,13)14/h3-5,16H,2H2,1H3,(H,18,19). The van der Waals surface area contributed by atoms with Crippen LogP contribution in [0.2, 0.25) is 0 Å². The van der Waals surface area contributed by atoms with Crippen molar-refractivity contribution in [3.63, 3.8) is 0 Å². The molecule has 0 aromatic carbocycles. The number of nitrogens with zero attached hydrogens (tertiary/aromatic N) is 2. The first-order valence-corrected chi connectivity index (χ1v) is 7.53. The van der Waals surface area contributed by atoms with Crippen molar-refractivity contribution in [1.82, 2.24) is 9.38 Å². The van der Waals surface area contributed by atoms with Crippen LogP contribution in [0.5, 0.6) is 0 Å². The first kappa shape index (κ1) is 16.1. The highest BCUT2D eigenvalue weighted by Crippen LogP contribution is 2.31. The SMILES string of the molecule is CCS(=O)(=O)c1c(NC(=O)O)nc2ccc(C(F)(F)F)cn12. The average molecular weight is 337 g/mol. The maximum absolute atomic E-state index is 12.7. The lowest BCUT2D eigenvalue weighted by Gasteiger charge is -2.08. The van der Waals surface area contributed by atoms with E-state index in [1.165, 1.54) is 6.92 Å². The predicted molar refractivity (Wildman–Crippen MR) is 69.6 cm³/mol. The second kappa shape index (κ2) is 5.16. The fraction of sp³-hybridized carbons (Fsp3) is 0.273. The number of amides is 1. The van der Waals surface area contributed by atoms with Gasteiger partial charge in [-0.2, -0.15) is 13.2 Å². The van der Waals surface area contributed by atoms with Crippen LogP contribution in [-0.4, -0.2) is 34.8 Å². The van der Waals surface area contributed by atoms with Crippen LogP contribution >= 0.6 is 0 Å². The molecule has 0 aliphatic heterocycles. The summed E-state index contributed by atoms with van der Waals surface area (Å²) in [5.41, 5.74) is -1.20. The van der Waals surface area contributed by atoms with Crippen LogP contribution in [0.1, 0.15) is 12.5 Å². The Morgan fingerprint density at radius 3 is 2.55 bits per heavy atom. The summed E-state index contributed by atoms with van der Waals surface area (Å²) in [6, 6.07) is 1.69. The smallest absolute Gasteiger partial charge is 0.417 e. The molecule has 0 atom stereocenters. The van der Waals surface area contributed by atoms with Gasteiger partial charge < -0.3 is 5.11 Å². The first-order valence-electron chi connectivity index (χ1n) is 5.88. The van der Waals surface area contributed by atoms with Gasteiger partial charge in [0, 0.05) is 6.20 Å². The maximum atomic E-state index is 12.7. The number of hydrogen-bond acceptors (Lipinski definition) is 4. The van der Waals surface area contributed by atoms with Crippen LogP contribution in [0.15, 0.2) is 23.4 Å². The first-order chi connectivity index (χ1) is 10.1. The molecule has 2 aromatic rings. The van der Waals surface area contributed by atoms with Crippen molar-refractivity contribution in [2.75, 3.05) is 11.1 Å². The third-order valence-corrected chi connectivity index (χ3v) is 4.54. The highest BCUT2D eigenvalue weighted by atomic mass is 32.2. The largest absolute Gasteiger partial charge is 0.465 e. The van der Waals surface area contributed by atoms with Crippen molar-refractivity contribution in [3.05, 3.63) is 23.9 Å². The number of imidazole rings is 1. The molecule has 0 unspecified atom stereocenters. The van der Waals surface area contributed by atoms with Gasteiger partial charge in [0.2, 0.25) is 0 Å². The summed E-state index contributed by atoms with van der Waals surface area (Å²) < 4.78 is 63.1. The fourth-order valence-corrected chi connectivity index (χ4v) is 2.92. The van der Waals surface area contributed by atoms with Crippen LogP contribution in [0.4, 0.5) is 23.8 Å². The molecule has 22 heavy (non-hydrogen) atoms. The van der Waals surface area contributed by atoms with Crippen molar-refractivity contribution in [3.8, 4) is 0 Å². The predicted octanol–water partition coefficient (Wildman–Crippen LogP) is 2.24. The van der Waals surface area contributed by atoms with E-state index in [9.17, 15) is 26.4 Å². The molecule has 0 saturated carbocycles. The summed E-state index contributed by atoms with van der Waals surface area (Å²) in [4.78, 5) is 14.4. The minimum absolute atomic E-state index is 0.122. The van der Waals surface area contributed by atoms with Crippen LogP contribution in [-0.2, 0) is 16.0 Å². The number of carbonyl (C=O) groups is 1. The molecule has 1 amide bonds. The number of alkyl halides is 3. The van der Waals surface area contributed by atoms with Crippen molar-refractivity contribution in [1.29, 1.82) is 0 Å². The Balaban J connectivity index is 2.82. The molecule has 2 rings (SSSR count). The zero-order valence-corrected chi connectivity index (χ0v) is 11.9. The molecule has 0 bridgehead atoms. The number of sulfone groups is 1. The summed E-state index contributed by atoms with van der Waals surface area (Å²) in [6.07, 6.45) is -5.68. The Morgan fingerprint density at radius 2 is 2.05 bits per heavy atom. The topological polar surface area (TPSA) is 101 Å². The van der Waals surface area contributed by atoms with Crippen molar-refractivity contribution < 1.29 is 31.5 Å². The summed E-state index contributed by atoms with van der Waals surface area (Å²) in [6.45, 7) is 1.28. The van der Waals surface area contributed by atoms with Crippen molar-refractivity contribution in [2.24, 2.45) is 0 Å². The molecule has 2 N–H and O–H groups in total. The number of fused-ring (bicyclic) bond motifs is 1. The van der Waals surface area contributed by atoms with Crippen LogP contribution in [0, 0.1) is 0 Å². The van der Waals surface area contributed by atoms with Gasteiger partial charge in [-0.25, -0.2) is 18.2 Å². The molecule has 0 aliphatic carbocycles. The molecule has 0 radical (unpaired) electrons. The number of pyridine rings is 1.